The van der Waals surface area contributed by atoms with Crippen molar-refractivity contribution in [3.05, 3.63) is 76.5 Å². The summed E-state index contributed by atoms with van der Waals surface area (Å²) in [6.45, 7) is 2.51. The van der Waals surface area contributed by atoms with E-state index in [0.29, 0.717) is 23.6 Å². The topological polar surface area (TPSA) is 78.2 Å². The van der Waals surface area contributed by atoms with E-state index in [1.165, 1.54) is 11.8 Å². The van der Waals surface area contributed by atoms with E-state index in [0.717, 1.165) is 16.5 Å². The lowest BCUT2D eigenvalue weighted by Gasteiger charge is -2.06. The second kappa shape index (κ2) is 6.56. The summed E-state index contributed by atoms with van der Waals surface area (Å²) in [6, 6.07) is 9.11. The second-order valence-corrected chi connectivity index (χ2v) is 6.57. The Morgan fingerprint density at radius 2 is 2.20 bits per heavy atom. The molecule has 25 heavy (non-hydrogen) atoms. The van der Waals surface area contributed by atoms with Crippen LogP contribution in [0.25, 0.3) is 5.65 Å². The van der Waals surface area contributed by atoms with Gasteiger partial charge in [-0.1, -0.05) is 17.8 Å². The summed E-state index contributed by atoms with van der Waals surface area (Å²) in [4.78, 5) is 16.8. The first-order valence-corrected chi connectivity index (χ1v) is 8.69. The van der Waals surface area contributed by atoms with Crippen molar-refractivity contribution in [3.8, 4) is 0 Å². The quantitative estimate of drug-likeness (QED) is 0.513. The molecule has 4 rings (SSSR count). The van der Waals surface area contributed by atoms with E-state index in [1.807, 2.05) is 35.8 Å². The summed E-state index contributed by atoms with van der Waals surface area (Å²) in [5.41, 5.74) is 2.29. The molecule has 0 aliphatic rings. The molecule has 0 aliphatic heterocycles. The average molecular weight is 353 g/mol. The number of hydrogen-bond donors (Lipinski definition) is 0. The van der Waals surface area contributed by atoms with Crippen LogP contribution in [0.4, 0.5) is 0 Å². The monoisotopic (exact) mass is 353 g/mol. The third-order valence-corrected chi connectivity index (χ3v) is 4.71. The van der Waals surface area contributed by atoms with Gasteiger partial charge in [0.15, 0.2) is 5.16 Å². The molecule has 0 aliphatic carbocycles. The molecule has 0 unspecified atom stereocenters. The fraction of sp³-hybridized carbons (Fsp3) is 0.176. The Balaban J connectivity index is 1.54. The molecule has 0 aromatic carbocycles. The van der Waals surface area contributed by atoms with Crippen molar-refractivity contribution in [2.45, 2.75) is 24.4 Å². The summed E-state index contributed by atoms with van der Waals surface area (Å²) < 4.78 is 8.82. The number of rotatable bonds is 5. The van der Waals surface area contributed by atoms with E-state index in [4.69, 9.17) is 4.42 Å². The molecule has 4 aromatic heterocycles. The Morgan fingerprint density at radius 3 is 3.04 bits per heavy atom. The predicted octanol–water partition coefficient (Wildman–Crippen LogP) is 2.53. The van der Waals surface area contributed by atoms with Crippen LogP contribution in [0.5, 0.6) is 0 Å². The molecular weight excluding hydrogens is 338 g/mol. The number of nitrogens with zero attached hydrogens (tertiary/aromatic N) is 5. The van der Waals surface area contributed by atoms with Gasteiger partial charge in [0.25, 0.3) is 5.56 Å². The fourth-order valence-electron chi connectivity index (χ4n) is 2.51. The molecule has 0 atom stereocenters. The Labute approximate surface area is 147 Å². The van der Waals surface area contributed by atoms with Crippen LogP contribution in [-0.4, -0.2) is 24.1 Å². The van der Waals surface area contributed by atoms with Crippen LogP contribution in [0.3, 0.4) is 0 Å². The maximum atomic E-state index is 12.3. The highest BCUT2D eigenvalue weighted by Gasteiger charge is 2.09. The number of pyridine rings is 1. The maximum Gasteiger partial charge on any atom is 0.258 e. The normalized spacial score (nSPS) is 11.2. The molecule has 126 valence electrons. The molecule has 0 radical (unpaired) electrons. The Kier molecular flexibility index (Phi) is 4.10. The van der Waals surface area contributed by atoms with Crippen LogP contribution in [0.2, 0.25) is 0 Å². The van der Waals surface area contributed by atoms with E-state index < -0.39 is 0 Å². The predicted molar refractivity (Wildman–Crippen MR) is 93.6 cm³/mol. The van der Waals surface area contributed by atoms with Gasteiger partial charge in [0.1, 0.15) is 17.7 Å². The van der Waals surface area contributed by atoms with E-state index in [9.17, 15) is 4.79 Å². The number of furan rings is 1. The van der Waals surface area contributed by atoms with Crippen molar-refractivity contribution in [2.75, 3.05) is 0 Å². The van der Waals surface area contributed by atoms with Crippen LogP contribution in [0.15, 0.2) is 63.5 Å². The van der Waals surface area contributed by atoms with Gasteiger partial charge in [0, 0.05) is 18.0 Å². The molecule has 0 N–H and O–H groups in total. The van der Waals surface area contributed by atoms with Gasteiger partial charge in [-0.25, -0.2) is 4.98 Å². The highest BCUT2D eigenvalue weighted by Crippen LogP contribution is 2.20. The summed E-state index contributed by atoms with van der Waals surface area (Å²) in [5.74, 6) is 1.37. The molecule has 4 aromatic rings. The van der Waals surface area contributed by atoms with E-state index >= 15 is 0 Å². The molecular formula is C17H15N5O2S. The molecule has 0 saturated heterocycles. The van der Waals surface area contributed by atoms with Crippen molar-refractivity contribution in [2.24, 2.45) is 0 Å². The molecule has 4 heterocycles. The number of hydrogen-bond acceptors (Lipinski definition) is 6. The van der Waals surface area contributed by atoms with Gasteiger partial charge in [-0.3, -0.25) is 9.20 Å². The van der Waals surface area contributed by atoms with Gasteiger partial charge in [0.05, 0.1) is 18.5 Å². The first-order valence-electron chi connectivity index (χ1n) is 7.71. The minimum absolute atomic E-state index is 0.0821. The minimum atomic E-state index is -0.0821. The summed E-state index contributed by atoms with van der Waals surface area (Å²) in [6.07, 6.45) is 5.10. The van der Waals surface area contributed by atoms with Gasteiger partial charge in [-0.15, -0.1) is 10.2 Å². The van der Waals surface area contributed by atoms with Gasteiger partial charge < -0.3 is 8.98 Å². The SMILES string of the molecule is Cc1ccc2nc(CSc3nncn3Cc3ccco3)cc(=O)n2c1. The highest BCUT2D eigenvalue weighted by atomic mass is 32.2. The van der Waals surface area contributed by atoms with Crippen LogP contribution < -0.4 is 5.56 Å². The lowest BCUT2D eigenvalue weighted by molar-refractivity contribution is 0.484. The second-order valence-electron chi connectivity index (χ2n) is 5.63. The molecule has 0 bridgehead atoms. The molecule has 0 fully saturated rings. The van der Waals surface area contributed by atoms with Gasteiger partial charge in [0.2, 0.25) is 0 Å². The zero-order chi connectivity index (χ0) is 17.2. The maximum absolute atomic E-state index is 12.3. The zero-order valence-electron chi connectivity index (χ0n) is 13.5. The van der Waals surface area contributed by atoms with Crippen LogP contribution in [-0.2, 0) is 12.3 Å². The molecule has 0 amide bonds. The van der Waals surface area contributed by atoms with E-state index in [1.54, 1.807) is 29.3 Å². The molecule has 0 spiro atoms. The smallest absolute Gasteiger partial charge is 0.258 e. The fourth-order valence-corrected chi connectivity index (χ4v) is 3.31. The van der Waals surface area contributed by atoms with E-state index in [2.05, 4.69) is 15.2 Å². The Bertz CT molecular complexity index is 1070. The Hall–Kier alpha value is -2.87. The van der Waals surface area contributed by atoms with Crippen molar-refractivity contribution in [1.82, 2.24) is 24.1 Å². The van der Waals surface area contributed by atoms with Crippen LogP contribution in [0, 0.1) is 6.92 Å². The summed E-state index contributed by atoms with van der Waals surface area (Å²) in [5, 5.41) is 8.84. The molecule has 0 saturated carbocycles. The number of aryl methyl sites for hydroxylation is 1. The minimum Gasteiger partial charge on any atom is -0.467 e. The third-order valence-electron chi connectivity index (χ3n) is 3.70. The van der Waals surface area contributed by atoms with Crippen molar-refractivity contribution < 1.29 is 4.42 Å². The number of fused-ring (bicyclic) bond motifs is 1. The molecule has 8 heteroatoms. The van der Waals surface area contributed by atoms with Gasteiger partial charge in [-0.2, -0.15) is 0 Å². The van der Waals surface area contributed by atoms with Crippen LogP contribution >= 0.6 is 11.8 Å². The first-order chi connectivity index (χ1) is 12.2. The largest absolute Gasteiger partial charge is 0.467 e. The van der Waals surface area contributed by atoms with Crippen molar-refractivity contribution >= 4 is 17.4 Å². The highest BCUT2D eigenvalue weighted by molar-refractivity contribution is 7.98. The van der Waals surface area contributed by atoms with E-state index in [-0.39, 0.29) is 5.56 Å². The van der Waals surface area contributed by atoms with Crippen molar-refractivity contribution in [3.63, 3.8) is 0 Å². The summed E-state index contributed by atoms with van der Waals surface area (Å²) >= 11 is 1.49. The zero-order valence-corrected chi connectivity index (χ0v) is 14.3. The average Bonchev–Trinajstić information content (AvgIpc) is 3.26. The van der Waals surface area contributed by atoms with Gasteiger partial charge in [-0.05, 0) is 30.7 Å². The lowest BCUT2D eigenvalue weighted by atomic mass is 10.3. The first kappa shape index (κ1) is 15.6. The summed E-state index contributed by atoms with van der Waals surface area (Å²) in [7, 11) is 0. The Morgan fingerprint density at radius 1 is 1.28 bits per heavy atom. The lowest BCUT2D eigenvalue weighted by Crippen LogP contribution is -2.15. The number of thioether (sulfide) groups is 1. The standard InChI is InChI=1S/C17H15N5O2S/c1-12-4-5-15-19-13(7-16(23)22(15)8-12)10-25-17-20-18-11-21(17)9-14-3-2-6-24-14/h2-8,11H,9-10H2,1H3. The van der Waals surface area contributed by atoms with Gasteiger partial charge >= 0.3 is 0 Å². The molecule has 7 nitrogen and oxygen atoms in total. The number of aromatic nitrogens is 5. The van der Waals surface area contributed by atoms with Crippen LogP contribution in [0.1, 0.15) is 17.0 Å². The third kappa shape index (κ3) is 3.34. The van der Waals surface area contributed by atoms with Crippen molar-refractivity contribution in [1.29, 1.82) is 0 Å².